The Hall–Kier alpha value is -2.71. The van der Waals surface area contributed by atoms with Crippen LogP contribution in [0.5, 0.6) is 0 Å². The number of carboxylic acid groups (broad SMARTS) is 1. The number of aromatic carboxylic acids is 1. The van der Waals surface area contributed by atoms with Crippen LogP contribution >= 0.6 is 0 Å². The fourth-order valence-electron chi connectivity index (χ4n) is 1.70. The highest BCUT2D eigenvalue weighted by atomic mass is 19.1. The van der Waals surface area contributed by atoms with Crippen LogP contribution < -0.4 is 10.6 Å². The summed E-state index contributed by atoms with van der Waals surface area (Å²) in [7, 11) is 0. The molecule has 0 unspecified atom stereocenters. The van der Waals surface area contributed by atoms with Crippen molar-refractivity contribution < 1.29 is 24.0 Å². The van der Waals surface area contributed by atoms with Crippen molar-refractivity contribution in [3.05, 3.63) is 33.6 Å². The molecule has 9 heteroatoms. The van der Waals surface area contributed by atoms with Crippen LogP contribution in [0.4, 0.5) is 15.8 Å². The number of carboxylic acids is 1. The number of halogens is 1. The number of carbonyl (C=O) groups excluding carboxylic acids is 1. The lowest BCUT2D eigenvalue weighted by Gasteiger charge is -2.08. The Labute approximate surface area is 118 Å². The van der Waals surface area contributed by atoms with Crippen LogP contribution in [0, 0.1) is 15.9 Å². The van der Waals surface area contributed by atoms with Crippen LogP contribution in [0.3, 0.4) is 0 Å². The highest BCUT2D eigenvalue weighted by Crippen LogP contribution is 2.28. The minimum Gasteiger partial charge on any atom is -0.478 e. The van der Waals surface area contributed by atoms with Crippen molar-refractivity contribution in [3.63, 3.8) is 0 Å². The number of amides is 1. The smallest absolute Gasteiger partial charge is 0.338 e. The van der Waals surface area contributed by atoms with Gasteiger partial charge in [-0.3, -0.25) is 14.9 Å². The predicted octanol–water partition coefficient (Wildman–Crippen LogP) is 1.12. The Bertz CT molecular complexity index is 615. The van der Waals surface area contributed by atoms with Crippen LogP contribution in [0.2, 0.25) is 0 Å². The van der Waals surface area contributed by atoms with E-state index in [-0.39, 0.29) is 24.2 Å². The molecule has 1 aromatic carbocycles. The molecule has 21 heavy (non-hydrogen) atoms. The number of benzene rings is 1. The average molecular weight is 297 g/mol. The Morgan fingerprint density at radius 1 is 1.43 bits per heavy atom. The number of nitrogens with zero attached hydrogens (tertiary/aromatic N) is 1. The molecule has 1 saturated carbocycles. The Kier molecular flexibility index (Phi) is 4.01. The van der Waals surface area contributed by atoms with Gasteiger partial charge in [-0.15, -0.1) is 0 Å². The molecule has 0 aliphatic heterocycles. The van der Waals surface area contributed by atoms with Crippen molar-refractivity contribution in [2.45, 2.75) is 18.9 Å². The molecule has 8 nitrogen and oxygen atoms in total. The van der Waals surface area contributed by atoms with Gasteiger partial charge in [-0.25, -0.2) is 9.18 Å². The first kappa shape index (κ1) is 14.7. The van der Waals surface area contributed by atoms with Crippen LogP contribution in [-0.2, 0) is 4.79 Å². The molecule has 0 heterocycles. The summed E-state index contributed by atoms with van der Waals surface area (Å²) in [6, 6.07) is 1.46. The van der Waals surface area contributed by atoms with E-state index in [1.807, 2.05) is 0 Å². The summed E-state index contributed by atoms with van der Waals surface area (Å²) in [5.41, 5.74) is -1.64. The molecule has 0 atom stereocenters. The van der Waals surface area contributed by atoms with Gasteiger partial charge >= 0.3 is 5.97 Å². The first-order chi connectivity index (χ1) is 9.88. The largest absolute Gasteiger partial charge is 0.478 e. The summed E-state index contributed by atoms with van der Waals surface area (Å²) in [6.07, 6.45) is 1.79. The number of rotatable bonds is 6. The highest BCUT2D eigenvalue weighted by Gasteiger charge is 2.25. The molecule has 1 aliphatic carbocycles. The van der Waals surface area contributed by atoms with E-state index in [2.05, 4.69) is 10.6 Å². The number of hydrogen-bond donors (Lipinski definition) is 3. The summed E-state index contributed by atoms with van der Waals surface area (Å²) in [4.78, 5) is 32.3. The fourth-order valence-corrected chi connectivity index (χ4v) is 1.70. The molecule has 1 fully saturated rings. The van der Waals surface area contributed by atoms with Crippen LogP contribution in [0.1, 0.15) is 23.2 Å². The lowest BCUT2D eigenvalue weighted by atomic mass is 10.1. The second kappa shape index (κ2) is 5.73. The second-order valence-electron chi connectivity index (χ2n) is 4.61. The first-order valence-corrected chi connectivity index (χ1v) is 6.13. The van der Waals surface area contributed by atoms with E-state index in [9.17, 15) is 24.1 Å². The van der Waals surface area contributed by atoms with Crippen molar-refractivity contribution in [2.75, 3.05) is 11.9 Å². The minimum atomic E-state index is -1.60. The highest BCUT2D eigenvalue weighted by molar-refractivity contribution is 5.90. The Morgan fingerprint density at radius 3 is 2.62 bits per heavy atom. The molecule has 0 saturated heterocycles. The third-order valence-electron chi connectivity index (χ3n) is 2.89. The van der Waals surface area contributed by atoms with E-state index in [0.717, 1.165) is 12.8 Å². The summed E-state index contributed by atoms with van der Waals surface area (Å²) >= 11 is 0. The number of anilines is 1. The van der Waals surface area contributed by atoms with Gasteiger partial charge in [0.15, 0.2) is 0 Å². The van der Waals surface area contributed by atoms with Crippen LogP contribution in [-0.4, -0.2) is 34.5 Å². The Balaban J connectivity index is 2.16. The third kappa shape index (κ3) is 3.65. The molecule has 0 spiro atoms. The molecule has 0 radical (unpaired) electrons. The zero-order chi connectivity index (χ0) is 15.6. The quantitative estimate of drug-likeness (QED) is 0.534. The number of nitro benzene ring substituents is 1. The molecular weight excluding hydrogens is 285 g/mol. The number of hydrogen-bond acceptors (Lipinski definition) is 5. The van der Waals surface area contributed by atoms with Gasteiger partial charge in [0.25, 0.3) is 5.69 Å². The molecule has 1 aromatic rings. The van der Waals surface area contributed by atoms with Gasteiger partial charge in [0, 0.05) is 18.2 Å². The maximum Gasteiger partial charge on any atom is 0.338 e. The summed E-state index contributed by atoms with van der Waals surface area (Å²) in [5.74, 6) is -3.08. The van der Waals surface area contributed by atoms with Crippen molar-refractivity contribution >= 4 is 23.3 Å². The molecule has 112 valence electrons. The Morgan fingerprint density at radius 2 is 2.10 bits per heavy atom. The topological polar surface area (TPSA) is 122 Å². The minimum absolute atomic E-state index is 0.139. The number of carbonyl (C=O) groups is 2. The lowest BCUT2D eigenvalue weighted by Crippen LogP contribution is -2.31. The molecule has 1 aliphatic rings. The van der Waals surface area contributed by atoms with Crippen molar-refractivity contribution in [1.29, 1.82) is 0 Å². The summed E-state index contributed by atoms with van der Waals surface area (Å²) < 4.78 is 13.5. The molecule has 2 rings (SSSR count). The van der Waals surface area contributed by atoms with E-state index >= 15 is 0 Å². The normalized spacial score (nSPS) is 13.6. The SMILES string of the molecule is O=C(CNc1cc(F)c(C(=O)O)cc1[N+](=O)[O-])NC1CC1. The first-order valence-electron chi connectivity index (χ1n) is 6.13. The van der Waals surface area contributed by atoms with Gasteiger partial charge < -0.3 is 15.7 Å². The summed E-state index contributed by atoms with van der Waals surface area (Å²) in [5, 5.41) is 24.7. The molecule has 3 N–H and O–H groups in total. The van der Waals surface area contributed by atoms with Gasteiger partial charge in [0.1, 0.15) is 17.1 Å². The molecule has 0 aromatic heterocycles. The van der Waals surface area contributed by atoms with Crippen molar-refractivity contribution in [2.24, 2.45) is 0 Å². The van der Waals surface area contributed by atoms with E-state index in [1.54, 1.807) is 0 Å². The fraction of sp³-hybridized carbons (Fsp3) is 0.333. The monoisotopic (exact) mass is 297 g/mol. The van der Waals surface area contributed by atoms with E-state index in [4.69, 9.17) is 5.11 Å². The van der Waals surface area contributed by atoms with E-state index < -0.39 is 28.0 Å². The van der Waals surface area contributed by atoms with Gasteiger partial charge in [0.05, 0.1) is 11.5 Å². The maximum absolute atomic E-state index is 13.5. The average Bonchev–Trinajstić information content (AvgIpc) is 3.19. The number of nitrogens with one attached hydrogen (secondary N) is 2. The predicted molar refractivity (Wildman–Crippen MR) is 69.7 cm³/mol. The van der Waals surface area contributed by atoms with Gasteiger partial charge in [-0.2, -0.15) is 0 Å². The second-order valence-corrected chi connectivity index (χ2v) is 4.61. The van der Waals surface area contributed by atoms with E-state index in [1.165, 1.54) is 0 Å². The van der Waals surface area contributed by atoms with Crippen LogP contribution in [0.15, 0.2) is 12.1 Å². The van der Waals surface area contributed by atoms with Crippen LogP contribution in [0.25, 0.3) is 0 Å². The zero-order valence-corrected chi connectivity index (χ0v) is 10.8. The maximum atomic E-state index is 13.5. The zero-order valence-electron chi connectivity index (χ0n) is 10.8. The van der Waals surface area contributed by atoms with Gasteiger partial charge in [0.2, 0.25) is 5.91 Å². The standard InChI is InChI=1S/C12H12FN3O5/c13-8-4-9(14-5-11(17)15-6-1-2-6)10(16(20)21)3-7(8)12(18)19/h3-4,6,14H,1-2,5H2,(H,15,17)(H,18,19). The van der Waals surface area contributed by atoms with Crippen molar-refractivity contribution in [1.82, 2.24) is 5.32 Å². The molecular formula is C12H12FN3O5. The summed E-state index contributed by atoms with van der Waals surface area (Å²) in [6.45, 7) is -0.261. The van der Waals surface area contributed by atoms with Gasteiger partial charge in [-0.1, -0.05) is 0 Å². The third-order valence-corrected chi connectivity index (χ3v) is 2.89. The lowest BCUT2D eigenvalue weighted by molar-refractivity contribution is -0.384. The molecule has 0 bridgehead atoms. The number of nitro groups is 1. The molecule has 1 amide bonds. The van der Waals surface area contributed by atoms with Gasteiger partial charge in [-0.05, 0) is 12.8 Å². The van der Waals surface area contributed by atoms with Crippen molar-refractivity contribution in [3.8, 4) is 0 Å². The van der Waals surface area contributed by atoms with E-state index in [0.29, 0.717) is 12.1 Å².